The highest BCUT2D eigenvalue weighted by Crippen LogP contribution is 2.31. The van der Waals surface area contributed by atoms with Gasteiger partial charge in [-0.3, -0.25) is 4.79 Å². The molecule has 0 spiro atoms. The molecule has 86 valence electrons. The number of rotatable bonds is 2. The first-order chi connectivity index (χ1) is 7.72. The highest BCUT2D eigenvalue weighted by atomic mass is 16.5. The van der Waals surface area contributed by atoms with E-state index in [2.05, 4.69) is 0 Å². The molecular formula is C13H17NO2. The van der Waals surface area contributed by atoms with E-state index in [1.165, 1.54) is 0 Å². The van der Waals surface area contributed by atoms with E-state index < -0.39 is 0 Å². The fourth-order valence-corrected chi connectivity index (χ4v) is 2.07. The van der Waals surface area contributed by atoms with Crippen LogP contribution in [0.2, 0.25) is 0 Å². The topological polar surface area (TPSA) is 29.5 Å². The summed E-state index contributed by atoms with van der Waals surface area (Å²) in [5.41, 5.74) is 2.06. The van der Waals surface area contributed by atoms with Crippen molar-refractivity contribution >= 4 is 11.6 Å². The van der Waals surface area contributed by atoms with Crippen molar-refractivity contribution in [1.29, 1.82) is 0 Å². The van der Waals surface area contributed by atoms with E-state index in [1.807, 2.05) is 30.0 Å². The molecule has 0 aliphatic carbocycles. The van der Waals surface area contributed by atoms with E-state index in [4.69, 9.17) is 4.74 Å². The Morgan fingerprint density at radius 3 is 2.81 bits per heavy atom. The average Bonchev–Trinajstić information content (AvgIpc) is 2.29. The Morgan fingerprint density at radius 2 is 2.12 bits per heavy atom. The molecule has 0 unspecified atom stereocenters. The molecule has 1 aliphatic heterocycles. The van der Waals surface area contributed by atoms with E-state index in [-0.39, 0.29) is 5.91 Å². The number of ether oxygens (including phenoxy) is 1. The maximum absolute atomic E-state index is 11.8. The minimum Gasteiger partial charge on any atom is -0.495 e. The summed E-state index contributed by atoms with van der Waals surface area (Å²) < 4.78 is 5.31. The van der Waals surface area contributed by atoms with Gasteiger partial charge < -0.3 is 9.64 Å². The molecule has 1 aliphatic rings. The zero-order valence-electron chi connectivity index (χ0n) is 9.82. The number of aryl methyl sites for hydroxylation is 1. The van der Waals surface area contributed by atoms with Gasteiger partial charge in [0.05, 0.1) is 12.8 Å². The van der Waals surface area contributed by atoms with Crippen molar-refractivity contribution in [2.24, 2.45) is 0 Å². The van der Waals surface area contributed by atoms with Crippen molar-refractivity contribution in [3.63, 3.8) is 0 Å². The third-order valence-corrected chi connectivity index (χ3v) is 2.95. The summed E-state index contributed by atoms with van der Waals surface area (Å²) in [5.74, 6) is 0.982. The molecule has 1 heterocycles. The lowest BCUT2D eigenvalue weighted by atomic mass is 10.1. The van der Waals surface area contributed by atoms with Crippen LogP contribution >= 0.6 is 0 Å². The molecule has 2 rings (SSSR count). The van der Waals surface area contributed by atoms with Gasteiger partial charge in [0.1, 0.15) is 5.75 Å². The Morgan fingerprint density at radius 1 is 1.31 bits per heavy atom. The minimum absolute atomic E-state index is 0.204. The van der Waals surface area contributed by atoms with Crippen LogP contribution in [0.5, 0.6) is 5.75 Å². The number of nitrogens with zero attached hydrogens (tertiary/aromatic N) is 1. The monoisotopic (exact) mass is 219 g/mol. The number of methoxy groups -OCH3 is 1. The second-order valence-electron chi connectivity index (χ2n) is 4.18. The molecule has 0 aromatic heterocycles. The van der Waals surface area contributed by atoms with Gasteiger partial charge in [-0.1, -0.05) is 6.07 Å². The third kappa shape index (κ3) is 2.03. The summed E-state index contributed by atoms with van der Waals surface area (Å²) in [5, 5.41) is 0. The van der Waals surface area contributed by atoms with Crippen molar-refractivity contribution in [3.05, 3.63) is 23.8 Å². The molecule has 1 amide bonds. The summed E-state index contributed by atoms with van der Waals surface area (Å²) >= 11 is 0. The standard InChI is InChI=1S/C13H17NO2/c1-10-6-7-12(16-2)11(9-10)14-8-4-3-5-13(14)15/h6-7,9H,3-5,8H2,1-2H3. The largest absolute Gasteiger partial charge is 0.495 e. The molecule has 1 fully saturated rings. The number of anilines is 1. The van der Waals surface area contributed by atoms with Crippen LogP contribution in [0, 0.1) is 6.92 Å². The smallest absolute Gasteiger partial charge is 0.227 e. The summed E-state index contributed by atoms with van der Waals surface area (Å²) in [4.78, 5) is 13.7. The predicted molar refractivity (Wildman–Crippen MR) is 63.9 cm³/mol. The van der Waals surface area contributed by atoms with Crippen LogP contribution in [0.3, 0.4) is 0 Å². The number of carbonyl (C=O) groups excluding carboxylic acids is 1. The van der Waals surface area contributed by atoms with E-state index in [0.717, 1.165) is 36.4 Å². The van der Waals surface area contributed by atoms with Gasteiger partial charge in [0.15, 0.2) is 0 Å². The maximum Gasteiger partial charge on any atom is 0.227 e. The SMILES string of the molecule is COc1ccc(C)cc1N1CCCCC1=O. The second kappa shape index (κ2) is 4.56. The summed E-state index contributed by atoms with van der Waals surface area (Å²) in [6, 6.07) is 5.94. The Kier molecular flexibility index (Phi) is 3.13. The van der Waals surface area contributed by atoms with Gasteiger partial charge in [0.2, 0.25) is 5.91 Å². The number of benzene rings is 1. The van der Waals surface area contributed by atoms with Crippen LogP contribution in [-0.2, 0) is 4.79 Å². The normalized spacial score (nSPS) is 16.4. The lowest BCUT2D eigenvalue weighted by Gasteiger charge is -2.28. The molecule has 1 aromatic carbocycles. The van der Waals surface area contributed by atoms with Gasteiger partial charge in [-0.2, -0.15) is 0 Å². The Bertz CT molecular complexity index is 401. The van der Waals surface area contributed by atoms with Crippen LogP contribution in [0.25, 0.3) is 0 Å². The molecule has 0 saturated carbocycles. The van der Waals surface area contributed by atoms with E-state index >= 15 is 0 Å². The lowest BCUT2D eigenvalue weighted by molar-refractivity contribution is -0.119. The third-order valence-electron chi connectivity index (χ3n) is 2.95. The molecule has 3 heteroatoms. The first-order valence-corrected chi connectivity index (χ1v) is 5.67. The van der Waals surface area contributed by atoms with Gasteiger partial charge in [0, 0.05) is 13.0 Å². The minimum atomic E-state index is 0.204. The summed E-state index contributed by atoms with van der Waals surface area (Å²) in [7, 11) is 1.64. The van der Waals surface area contributed by atoms with Crippen molar-refractivity contribution in [1.82, 2.24) is 0 Å². The van der Waals surface area contributed by atoms with Crippen molar-refractivity contribution < 1.29 is 9.53 Å². The highest BCUT2D eigenvalue weighted by Gasteiger charge is 2.22. The number of amides is 1. The Labute approximate surface area is 96.0 Å². The molecule has 16 heavy (non-hydrogen) atoms. The lowest BCUT2D eigenvalue weighted by Crippen LogP contribution is -2.35. The van der Waals surface area contributed by atoms with Gasteiger partial charge >= 0.3 is 0 Å². The first-order valence-electron chi connectivity index (χ1n) is 5.67. The van der Waals surface area contributed by atoms with E-state index in [0.29, 0.717) is 6.42 Å². The average molecular weight is 219 g/mol. The number of carbonyl (C=O) groups is 1. The molecular weight excluding hydrogens is 202 g/mol. The van der Waals surface area contributed by atoms with Crippen LogP contribution in [0.4, 0.5) is 5.69 Å². The quantitative estimate of drug-likeness (QED) is 0.765. The summed E-state index contributed by atoms with van der Waals surface area (Å²) in [6.45, 7) is 2.83. The van der Waals surface area contributed by atoms with Crippen LogP contribution in [0.1, 0.15) is 24.8 Å². The fourth-order valence-electron chi connectivity index (χ4n) is 2.07. The number of piperidine rings is 1. The molecule has 0 N–H and O–H groups in total. The molecule has 1 saturated heterocycles. The van der Waals surface area contributed by atoms with Crippen LogP contribution in [-0.4, -0.2) is 19.6 Å². The second-order valence-corrected chi connectivity index (χ2v) is 4.18. The van der Waals surface area contributed by atoms with E-state index in [9.17, 15) is 4.79 Å². The van der Waals surface area contributed by atoms with Crippen LogP contribution in [0.15, 0.2) is 18.2 Å². The zero-order chi connectivity index (χ0) is 11.5. The molecule has 3 nitrogen and oxygen atoms in total. The van der Waals surface area contributed by atoms with Crippen LogP contribution < -0.4 is 9.64 Å². The zero-order valence-corrected chi connectivity index (χ0v) is 9.82. The van der Waals surface area contributed by atoms with Gasteiger partial charge in [-0.05, 0) is 37.5 Å². The van der Waals surface area contributed by atoms with Crippen molar-refractivity contribution in [2.45, 2.75) is 26.2 Å². The van der Waals surface area contributed by atoms with Crippen molar-refractivity contribution in [2.75, 3.05) is 18.6 Å². The molecule has 0 atom stereocenters. The van der Waals surface area contributed by atoms with Crippen molar-refractivity contribution in [3.8, 4) is 5.75 Å². The molecule has 1 aromatic rings. The summed E-state index contributed by atoms with van der Waals surface area (Å²) in [6.07, 6.45) is 2.73. The predicted octanol–water partition coefficient (Wildman–Crippen LogP) is 2.52. The fraction of sp³-hybridized carbons (Fsp3) is 0.462. The van der Waals surface area contributed by atoms with Gasteiger partial charge in [0.25, 0.3) is 0 Å². The first kappa shape index (κ1) is 11.0. The molecule has 0 bridgehead atoms. The number of hydrogen-bond acceptors (Lipinski definition) is 2. The maximum atomic E-state index is 11.8. The molecule has 0 radical (unpaired) electrons. The van der Waals surface area contributed by atoms with E-state index in [1.54, 1.807) is 7.11 Å². The number of hydrogen-bond donors (Lipinski definition) is 0. The van der Waals surface area contributed by atoms with Gasteiger partial charge in [-0.25, -0.2) is 0 Å². The highest BCUT2D eigenvalue weighted by molar-refractivity contribution is 5.95. The Hall–Kier alpha value is -1.51. The van der Waals surface area contributed by atoms with Gasteiger partial charge in [-0.15, -0.1) is 0 Å². The Balaban J connectivity index is 2.36.